The van der Waals surface area contributed by atoms with Gasteiger partial charge in [-0.1, -0.05) is 30.3 Å². The number of thiophene rings is 1. The fourth-order valence-electron chi connectivity index (χ4n) is 3.09. The first kappa shape index (κ1) is 19.7. The Hall–Kier alpha value is -3.56. The highest BCUT2D eigenvalue weighted by molar-refractivity contribution is 7.13. The number of fused-ring (bicyclic) bond motifs is 1. The summed E-state index contributed by atoms with van der Waals surface area (Å²) in [6.07, 6.45) is -1.04. The van der Waals surface area contributed by atoms with E-state index in [9.17, 15) is 20.0 Å². The number of rotatable bonds is 7. The van der Waals surface area contributed by atoms with Gasteiger partial charge in [-0.05, 0) is 23.6 Å². The van der Waals surface area contributed by atoms with E-state index in [4.69, 9.17) is 4.74 Å². The Kier molecular flexibility index (Phi) is 5.55. The topological polar surface area (TPSA) is 107 Å². The molecule has 4 aromatic rings. The number of nitro benzene ring substituents is 1. The van der Waals surface area contributed by atoms with Gasteiger partial charge in [0, 0.05) is 11.5 Å². The number of nitrogens with zero attached hydrogens (tertiary/aromatic N) is 3. The summed E-state index contributed by atoms with van der Waals surface area (Å²) < 4.78 is 6.70. The minimum Gasteiger partial charge on any atom is -0.491 e. The van der Waals surface area contributed by atoms with Crippen molar-refractivity contribution in [2.24, 2.45) is 0 Å². The summed E-state index contributed by atoms with van der Waals surface area (Å²) in [6, 6.07) is 16.8. The first-order valence-electron chi connectivity index (χ1n) is 9.12. The molecule has 0 bridgehead atoms. The van der Waals surface area contributed by atoms with Gasteiger partial charge in [0.2, 0.25) is 0 Å². The molecule has 0 aliphatic carbocycles. The normalized spacial score (nSPS) is 12.0. The van der Waals surface area contributed by atoms with Crippen LogP contribution >= 0.6 is 11.3 Å². The Morgan fingerprint density at radius 1 is 1.13 bits per heavy atom. The zero-order valence-electron chi connectivity index (χ0n) is 15.7. The summed E-state index contributed by atoms with van der Waals surface area (Å²) in [5.41, 5.74) is 0.266. The van der Waals surface area contributed by atoms with Crippen molar-refractivity contribution in [2.45, 2.75) is 12.6 Å². The maximum absolute atomic E-state index is 12.9. The lowest BCUT2D eigenvalue weighted by Gasteiger charge is -2.15. The zero-order valence-corrected chi connectivity index (χ0v) is 16.5. The Labute approximate surface area is 174 Å². The molecule has 1 atom stereocenters. The van der Waals surface area contributed by atoms with Crippen LogP contribution in [-0.4, -0.2) is 32.5 Å². The van der Waals surface area contributed by atoms with Crippen molar-refractivity contribution in [1.29, 1.82) is 0 Å². The molecule has 30 heavy (non-hydrogen) atoms. The number of hydrogen-bond acceptors (Lipinski definition) is 7. The zero-order chi connectivity index (χ0) is 21.1. The molecule has 0 saturated heterocycles. The van der Waals surface area contributed by atoms with Crippen LogP contribution in [0.3, 0.4) is 0 Å². The van der Waals surface area contributed by atoms with Gasteiger partial charge in [-0.3, -0.25) is 14.9 Å². The molecule has 4 rings (SSSR count). The summed E-state index contributed by atoms with van der Waals surface area (Å²) in [7, 11) is 0. The van der Waals surface area contributed by atoms with E-state index in [0.717, 1.165) is 10.3 Å². The van der Waals surface area contributed by atoms with Crippen LogP contribution in [0.2, 0.25) is 0 Å². The van der Waals surface area contributed by atoms with Crippen molar-refractivity contribution < 1.29 is 14.8 Å². The fraction of sp³-hybridized carbons (Fsp3) is 0.143. The number of nitro groups is 1. The van der Waals surface area contributed by atoms with Gasteiger partial charge in [0.1, 0.15) is 24.2 Å². The SMILES string of the molecule is O=c1c2ccccc2c(-c2cccs2)nn1CC(O)COc1cccc([N+](=O)[O-])c1. The monoisotopic (exact) mass is 423 g/mol. The summed E-state index contributed by atoms with van der Waals surface area (Å²) >= 11 is 1.52. The van der Waals surface area contributed by atoms with Crippen LogP contribution in [0.1, 0.15) is 0 Å². The van der Waals surface area contributed by atoms with E-state index < -0.39 is 11.0 Å². The fourth-order valence-corrected chi connectivity index (χ4v) is 3.81. The van der Waals surface area contributed by atoms with E-state index in [-0.39, 0.29) is 30.1 Å². The standard InChI is InChI=1S/C21H17N3O5S/c25-15(13-29-16-6-3-5-14(11-16)24(27)28)12-23-21(26)18-8-2-1-7-17(18)20(22-23)19-9-4-10-30-19/h1-11,15,25H,12-13H2. The Morgan fingerprint density at radius 2 is 1.93 bits per heavy atom. The molecule has 0 fully saturated rings. The molecule has 1 N–H and O–H groups in total. The second-order valence-corrected chi connectivity index (χ2v) is 7.53. The quantitative estimate of drug-likeness (QED) is 0.360. The molecule has 0 spiro atoms. The van der Waals surface area contributed by atoms with Gasteiger partial charge in [0.15, 0.2) is 0 Å². The van der Waals surface area contributed by atoms with Crippen molar-refractivity contribution in [2.75, 3.05) is 6.61 Å². The van der Waals surface area contributed by atoms with Gasteiger partial charge in [-0.2, -0.15) is 5.10 Å². The van der Waals surface area contributed by atoms with E-state index in [1.165, 1.54) is 34.2 Å². The lowest BCUT2D eigenvalue weighted by molar-refractivity contribution is -0.384. The Bertz CT molecular complexity index is 1250. The number of aliphatic hydroxyl groups is 1. The molecule has 2 aromatic carbocycles. The van der Waals surface area contributed by atoms with Gasteiger partial charge in [0.25, 0.3) is 11.2 Å². The lowest BCUT2D eigenvalue weighted by Crippen LogP contribution is -2.32. The molecule has 0 saturated carbocycles. The summed E-state index contributed by atoms with van der Waals surface area (Å²) in [5.74, 6) is 0.265. The van der Waals surface area contributed by atoms with Crippen LogP contribution in [0.15, 0.2) is 70.8 Å². The predicted octanol–water partition coefficient (Wildman–Crippen LogP) is 3.47. The molecule has 0 amide bonds. The number of aliphatic hydroxyl groups excluding tert-OH is 1. The Morgan fingerprint density at radius 3 is 2.67 bits per heavy atom. The van der Waals surface area contributed by atoms with Crippen molar-refractivity contribution >= 4 is 27.8 Å². The maximum Gasteiger partial charge on any atom is 0.274 e. The molecule has 152 valence electrons. The van der Waals surface area contributed by atoms with Gasteiger partial charge < -0.3 is 9.84 Å². The molecule has 2 aromatic heterocycles. The summed E-state index contributed by atoms with van der Waals surface area (Å²) in [4.78, 5) is 24.1. The van der Waals surface area contributed by atoms with Crippen LogP contribution in [0.4, 0.5) is 5.69 Å². The van der Waals surface area contributed by atoms with Gasteiger partial charge in [0.05, 0.1) is 27.8 Å². The highest BCUT2D eigenvalue weighted by Crippen LogP contribution is 2.28. The minimum atomic E-state index is -1.04. The van der Waals surface area contributed by atoms with Crippen molar-refractivity contribution in [1.82, 2.24) is 9.78 Å². The average molecular weight is 423 g/mol. The number of ether oxygens (including phenoxy) is 1. The van der Waals surface area contributed by atoms with E-state index in [1.54, 1.807) is 18.2 Å². The van der Waals surface area contributed by atoms with E-state index in [1.807, 2.05) is 29.6 Å². The highest BCUT2D eigenvalue weighted by Gasteiger charge is 2.16. The van der Waals surface area contributed by atoms with E-state index in [0.29, 0.717) is 11.1 Å². The molecule has 2 heterocycles. The second kappa shape index (κ2) is 8.44. The Balaban J connectivity index is 1.58. The number of benzene rings is 2. The summed E-state index contributed by atoms with van der Waals surface area (Å²) in [5, 5.41) is 29.0. The lowest BCUT2D eigenvalue weighted by atomic mass is 10.1. The van der Waals surface area contributed by atoms with Crippen LogP contribution in [0.25, 0.3) is 21.3 Å². The molecular formula is C21H17N3O5S. The van der Waals surface area contributed by atoms with Gasteiger partial charge in [-0.15, -0.1) is 11.3 Å². The second-order valence-electron chi connectivity index (χ2n) is 6.58. The van der Waals surface area contributed by atoms with Crippen LogP contribution in [-0.2, 0) is 6.54 Å². The number of aromatic nitrogens is 2. The molecular weight excluding hydrogens is 406 g/mol. The molecule has 9 heteroatoms. The van der Waals surface area contributed by atoms with Crippen LogP contribution in [0.5, 0.6) is 5.75 Å². The van der Waals surface area contributed by atoms with Crippen molar-refractivity contribution in [3.63, 3.8) is 0 Å². The van der Waals surface area contributed by atoms with Crippen LogP contribution < -0.4 is 10.3 Å². The predicted molar refractivity (Wildman–Crippen MR) is 114 cm³/mol. The van der Waals surface area contributed by atoms with Crippen molar-refractivity contribution in [3.8, 4) is 16.3 Å². The smallest absolute Gasteiger partial charge is 0.274 e. The van der Waals surface area contributed by atoms with Crippen molar-refractivity contribution in [3.05, 3.63) is 86.5 Å². The minimum absolute atomic E-state index is 0.0725. The molecule has 0 radical (unpaired) electrons. The van der Waals surface area contributed by atoms with Crippen LogP contribution in [0, 0.1) is 10.1 Å². The van der Waals surface area contributed by atoms with E-state index >= 15 is 0 Å². The molecule has 1 unspecified atom stereocenters. The van der Waals surface area contributed by atoms with Gasteiger partial charge >= 0.3 is 0 Å². The van der Waals surface area contributed by atoms with E-state index in [2.05, 4.69) is 5.10 Å². The first-order chi connectivity index (χ1) is 14.5. The average Bonchev–Trinajstić information content (AvgIpc) is 3.29. The third-order valence-corrected chi connectivity index (χ3v) is 5.35. The molecule has 0 aliphatic rings. The molecule has 8 nitrogen and oxygen atoms in total. The number of hydrogen-bond donors (Lipinski definition) is 1. The largest absolute Gasteiger partial charge is 0.491 e. The third kappa shape index (κ3) is 4.07. The summed E-state index contributed by atoms with van der Waals surface area (Å²) in [6.45, 7) is -0.215. The third-order valence-electron chi connectivity index (χ3n) is 4.48. The number of non-ortho nitro benzene ring substituents is 1. The first-order valence-corrected chi connectivity index (χ1v) is 10.00. The maximum atomic E-state index is 12.9. The van der Waals surface area contributed by atoms with Gasteiger partial charge in [-0.25, -0.2) is 4.68 Å². The highest BCUT2D eigenvalue weighted by atomic mass is 32.1. The molecule has 0 aliphatic heterocycles.